The SMILES string of the molecule is CCC(=O)N[C@@H](C)c1ccc(NC[C@@](O)(c2cc(Cl)c(Cl)c(Cl)c2)C(F)(F)F)cc1. The van der Waals surface area contributed by atoms with E-state index in [1.165, 1.54) is 0 Å². The van der Waals surface area contributed by atoms with Gasteiger partial charge in [-0.3, -0.25) is 4.79 Å². The highest BCUT2D eigenvalue weighted by Gasteiger charge is 2.55. The summed E-state index contributed by atoms with van der Waals surface area (Å²) >= 11 is 17.5. The first-order chi connectivity index (χ1) is 13.9. The van der Waals surface area contributed by atoms with Crippen molar-refractivity contribution in [2.24, 2.45) is 0 Å². The third-order valence-electron chi connectivity index (χ3n) is 4.59. The van der Waals surface area contributed by atoms with E-state index in [0.29, 0.717) is 12.1 Å². The molecule has 4 nitrogen and oxygen atoms in total. The van der Waals surface area contributed by atoms with Crippen LogP contribution in [0.4, 0.5) is 18.9 Å². The molecule has 30 heavy (non-hydrogen) atoms. The maximum Gasteiger partial charge on any atom is 0.423 e. The van der Waals surface area contributed by atoms with E-state index in [9.17, 15) is 23.1 Å². The maximum absolute atomic E-state index is 13.7. The second-order valence-corrected chi connectivity index (χ2v) is 7.92. The van der Waals surface area contributed by atoms with Crippen LogP contribution in [0, 0.1) is 0 Å². The van der Waals surface area contributed by atoms with Crippen LogP contribution in [-0.4, -0.2) is 23.7 Å². The van der Waals surface area contributed by atoms with Gasteiger partial charge >= 0.3 is 6.18 Å². The molecule has 0 radical (unpaired) electrons. The van der Waals surface area contributed by atoms with Crippen LogP contribution in [0.25, 0.3) is 0 Å². The van der Waals surface area contributed by atoms with Gasteiger partial charge in [0.15, 0.2) is 0 Å². The molecule has 1 amide bonds. The summed E-state index contributed by atoms with van der Waals surface area (Å²) in [5.74, 6) is -0.111. The number of hydrogen-bond donors (Lipinski definition) is 3. The normalized spacial score (nSPS) is 14.7. The molecular weight excluding hydrogens is 464 g/mol. The first kappa shape index (κ1) is 24.6. The van der Waals surface area contributed by atoms with E-state index < -0.39 is 23.9 Å². The summed E-state index contributed by atoms with van der Waals surface area (Å²) in [6, 6.07) is 8.08. The number of nitrogens with one attached hydrogen (secondary N) is 2. The van der Waals surface area contributed by atoms with Crippen LogP contribution in [0.2, 0.25) is 15.1 Å². The van der Waals surface area contributed by atoms with Crippen molar-refractivity contribution in [2.45, 2.75) is 38.1 Å². The van der Waals surface area contributed by atoms with Crippen molar-refractivity contribution in [1.82, 2.24) is 5.32 Å². The molecule has 2 atom stereocenters. The van der Waals surface area contributed by atoms with Crippen molar-refractivity contribution in [3.05, 3.63) is 62.6 Å². The molecule has 0 spiro atoms. The molecule has 3 N–H and O–H groups in total. The number of halogens is 6. The Kier molecular flexibility index (Phi) is 7.91. The molecule has 0 saturated heterocycles. The summed E-state index contributed by atoms with van der Waals surface area (Å²) in [5, 5.41) is 15.4. The molecule has 10 heteroatoms. The van der Waals surface area contributed by atoms with Gasteiger partial charge in [0.1, 0.15) is 0 Å². The number of aliphatic hydroxyl groups is 1. The molecule has 0 heterocycles. The van der Waals surface area contributed by atoms with Crippen LogP contribution in [0.3, 0.4) is 0 Å². The molecule has 2 aromatic rings. The number of hydrogen-bond acceptors (Lipinski definition) is 3. The number of carbonyl (C=O) groups excluding carboxylic acids is 1. The largest absolute Gasteiger partial charge is 0.423 e. The van der Waals surface area contributed by atoms with Gasteiger partial charge in [-0.1, -0.05) is 53.9 Å². The smallest absolute Gasteiger partial charge is 0.381 e. The molecule has 164 valence electrons. The fourth-order valence-electron chi connectivity index (χ4n) is 2.71. The van der Waals surface area contributed by atoms with Gasteiger partial charge in [-0.05, 0) is 42.3 Å². The fraction of sp³-hybridized carbons (Fsp3) is 0.350. The number of amides is 1. The average molecular weight is 484 g/mol. The number of anilines is 1. The Balaban J connectivity index is 2.22. The second-order valence-electron chi connectivity index (χ2n) is 6.73. The van der Waals surface area contributed by atoms with E-state index in [4.69, 9.17) is 34.8 Å². The fourth-order valence-corrected chi connectivity index (χ4v) is 3.30. The van der Waals surface area contributed by atoms with Crippen LogP contribution < -0.4 is 10.6 Å². The minimum Gasteiger partial charge on any atom is -0.381 e. The zero-order valence-corrected chi connectivity index (χ0v) is 18.3. The lowest BCUT2D eigenvalue weighted by molar-refractivity contribution is -0.260. The van der Waals surface area contributed by atoms with Crippen molar-refractivity contribution in [3.8, 4) is 0 Å². The summed E-state index contributed by atoms with van der Waals surface area (Å²) < 4.78 is 41.2. The molecule has 0 aliphatic rings. The van der Waals surface area contributed by atoms with Crippen LogP contribution >= 0.6 is 34.8 Å². The summed E-state index contributed by atoms with van der Waals surface area (Å²) in [6.45, 7) is 2.65. The maximum atomic E-state index is 13.7. The van der Waals surface area contributed by atoms with Crippen LogP contribution in [0.15, 0.2) is 36.4 Å². The van der Waals surface area contributed by atoms with Crippen LogP contribution in [0.1, 0.15) is 37.4 Å². The zero-order valence-electron chi connectivity index (χ0n) is 16.1. The number of carbonyl (C=O) groups is 1. The van der Waals surface area contributed by atoms with E-state index in [-0.39, 0.29) is 27.0 Å². The Morgan fingerprint density at radius 3 is 2.10 bits per heavy atom. The molecule has 0 fully saturated rings. The monoisotopic (exact) mass is 482 g/mol. The predicted molar refractivity (Wildman–Crippen MR) is 113 cm³/mol. The third kappa shape index (κ3) is 5.52. The van der Waals surface area contributed by atoms with Gasteiger partial charge in [0, 0.05) is 12.1 Å². The molecular formula is C20H20Cl3F3N2O2. The van der Waals surface area contributed by atoms with Gasteiger partial charge in [-0.15, -0.1) is 0 Å². The minimum atomic E-state index is -5.01. The lowest BCUT2D eigenvalue weighted by Crippen LogP contribution is -2.47. The van der Waals surface area contributed by atoms with Gasteiger partial charge in [0.25, 0.3) is 0 Å². The van der Waals surface area contributed by atoms with Gasteiger partial charge in [-0.25, -0.2) is 0 Å². The molecule has 0 bridgehead atoms. The van der Waals surface area contributed by atoms with E-state index in [1.807, 2.05) is 0 Å². The van der Waals surface area contributed by atoms with E-state index in [2.05, 4.69) is 10.6 Å². The molecule has 2 rings (SSSR count). The minimum absolute atomic E-state index is 0.0977. The Bertz CT molecular complexity index is 884. The number of alkyl halides is 3. The highest BCUT2D eigenvalue weighted by atomic mass is 35.5. The molecule has 0 saturated carbocycles. The number of benzene rings is 2. The van der Waals surface area contributed by atoms with E-state index >= 15 is 0 Å². The lowest BCUT2D eigenvalue weighted by Gasteiger charge is -2.32. The van der Waals surface area contributed by atoms with Gasteiger partial charge in [-0.2, -0.15) is 13.2 Å². The predicted octanol–water partition coefficient (Wildman–Crippen LogP) is 6.10. The van der Waals surface area contributed by atoms with Crippen molar-refractivity contribution in [3.63, 3.8) is 0 Å². The van der Waals surface area contributed by atoms with Gasteiger partial charge in [0.2, 0.25) is 11.5 Å². The Morgan fingerprint density at radius 2 is 1.63 bits per heavy atom. The first-order valence-corrected chi connectivity index (χ1v) is 10.1. The molecule has 0 aromatic heterocycles. The summed E-state index contributed by atoms with van der Waals surface area (Å²) in [7, 11) is 0. The summed E-state index contributed by atoms with van der Waals surface area (Å²) in [6.07, 6.45) is -4.67. The second kappa shape index (κ2) is 9.64. The topological polar surface area (TPSA) is 61.4 Å². The highest BCUT2D eigenvalue weighted by Crippen LogP contribution is 2.43. The Labute approximate surface area is 187 Å². The molecule has 0 unspecified atom stereocenters. The Morgan fingerprint density at radius 1 is 1.10 bits per heavy atom. The quantitative estimate of drug-likeness (QED) is 0.417. The standard InChI is InChI=1S/C20H20Cl3F3N2O2/c1-3-17(29)28-11(2)12-4-6-14(7-5-12)27-10-19(30,20(24,25)26)13-8-15(21)18(23)16(22)9-13/h4-9,11,27,30H,3,10H2,1-2H3,(H,28,29)/t11-,19+/m0/s1. The zero-order chi connectivity index (χ0) is 22.7. The first-order valence-electron chi connectivity index (χ1n) is 8.96. The van der Waals surface area contributed by atoms with Crippen molar-refractivity contribution < 1.29 is 23.1 Å². The van der Waals surface area contributed by atoms with Crippen molar-refractivity contribution in [2.75, 3.05) is 11.9 Å². The van der Waals surface area contributed by atoms with Gasteiger partial charge < -0.3 is 15.7 Å². The third-order valence-corrected chi connectivity index (χ3v) is 5.78. The molecule has 2 aromatic carbocycles. The molecule has 0 aliphatic carbocycles. The van der Waals surface area contributed by atoms with E-state index in [0.717, 1.165) is 17.7 Å². The Hall–Kier alpha value is -1.67. The van der Waals surface area contributed by atoms with Gasteiger partial charge in [0.05, 0.1) is 27.7 Å². The van der Waals surface area contributed by atoms with E-state index in [1.54, 1.807) is 38.1 Å². The lowest BCUT2D eigenvalue weighted by atomic mass is 9.92. The van der Waals surface area contributed by atoms with Crippen LogP contribution in [-0.2, 0) is 10.4 Å². The van der Waals surface area contributed by atoms with Crippen LogP contribution in [0.5, 0.6) is 0 Å². The number of rotatable bonds is 7. The highest BCUT2D eigenvalue weighted by molar-refractivity contribution is 6.48. The van der Waals surface area contributed by atoms with Crippen molar-refractivity contribution in [1.29, 1.82) is 0 Å². The summed E-state index contributed by atoms with van der Waals surface area (Å²) in [5.41, 5.74) is -2.66. The molecule has 0 aliphatic heterocycles. The summed E-state index contributed by atoms with van der Waals surface area (Å²) in [4.78, 5) is 11.5. The van der Waals surface area contributed by atoms with Crippen molar-refractivity contribution >= 4 is 46.4 Å². The average Bonchev–Trinajstić information content (AvgIpc) is 2.69.